The van der Waals surface area contributed by atoms with Crippen LogP contribution in [0.4, 0.5) is 5.69 Å². The van der Waals surface area contributed by atoms with Gasteiger partial charge in [0, 0.05) is 29.5 Å². The van der Waals surface area contributed by atoms with E-state index in [1.165, 1.54) is 23.3 Å². The fraction of sp³-hybridized carbons (Fsp3) is 0.348. The molecule has 4 rings (SSSR count). The molecule has 0 radical (unpaired) electrons. The van der Waals surface area contributed by atoms with Crippen LogP contribution >= 0.6 is 11.8 Å². The standard InChI is InChI=1S/C23H25N5O3S/c1-15-6-3-4-7-18(15)14-32-23-26-25-21(16(2)24-22(29)17-8-5-9-17)27(23)19-10-12-20(13-11-19)28(30)31/h3-4,6-7,10-13,16-17H,5,8-9,14H2,1-2H3,(H,24,29). The van der Waals surface area contributed by atoms with Gasteiger partial charge in [-0.3, -0.25) is 19.5 Å². The zero-order valence-corrected chi connectivity index (χ0v) is 18.8. The van der Waals surface area contributed by atoms with Crippen LogP contribution in [0.1, 0.15) is 49.2 Å². The minimum absolute atomic E-state index is 0.0174. The summed E-state index contributed by atoms with van der Waals surface area (Å²) < 4.78 is 1.87. The molecule has 2 aromatic carbocycles. The quantitative estimate of drug-likeness (QED) is 0.301. The van der Waals surface area contributed by atoms with Gasteiger partial charge in [-0.25, -0.2) is 0 Å². The molecule has 0 spiro atoms. The van der Waals surface area contributed by atoms with Gasteiger partial charge in [0.15, 0.2) is 11.0 Å². The maximum atomic E-state index is 12.5. The van der Waals surface area contributed by atoms with E-state index in [4.69, 9.17) is 0 Å². The summed E-state index contributed by atoms with van der Waals surface area (Å²) in [6, 6.07) is 14.1. The molecule has 1 fully saturated rings. The summed E-state index contributed by atoms with van der Waals surface area (Å²) in [5, 5.41) is 23.6. The third kappa shape index (κ3) is 4.67. The summed E-state index contributed by atoms with van der Waals surface area (Å²) in [4.78, 5) is 23.1. The van der Waals surface area contributed by atoms with Crippen LogP contribution in [0.3, 0.4) is 0 Å². The van der Waals surface area contributed by atoms with Gasteiger partial charge < -0.3 is 5.32 Å². The smallest absolute Gasteiger partial charge is 0.269 e. The number of amides is 1. The third-order valence-corrected chi connectivity index (χ3v) is 6.79. The first-order valence-electron chi connectivity index (χ1n) is 10.6. The summed E-state index contributed by atoms with van der Waals surface area (Å²) in [5.74, 6) is 1.42. The number of aromatic nitrogens is 3. The van der Waals surface area contributed by atoms with Gasteiger partial charge >= 0.3 is 0 Å². The Labute approximate surface area is 190 Å². The van der Waals surface area contributed by atoms with Crippen molar-refractivity contribution in [3.05, 3.63) is 75.6 Å². The first kappa shape index (κ1) is 22.0. The number of nitrogens with zero attached hydrogens (tertiary/aromatic N) is 4. The molecule has 0 aliphatic heterocycles. The number of hydrogen-bond acceptors (Lipinski definition) is 6. The van der Waals surface area contributed by atoms with Gasteiger partial charge in [0.25, 0.3) is 5.69 Å². The zero-order chi connectivity index (χ0) is 22.7. The van der Waals surface area contributed by atoms with E-state index in [1.54, 1.807) is 23.9 Å². The summed E-state index contributed by atoms with van der Waals surface area (Å²) in [7, 11) is 0. The molecular weight excluding hydrogens is 426 g/mol. The number of nitrogens with one attached hydrogen (secondary N) is 1. The number of nitro benzene ring substituents is 1. The Kier molecular flexibility index (Phi) is 6.55. The molecule has 8 nitrogen and oxygen atoms in total. The maximum Gasteiger partial charge on any atom is 0.269 e. The lowest BCUT2D eigenvalue weighted by Gasteiger charge is -2.26. The maximum absolute atomic E-state index is 12.5. The first-order valence-corrected chi connectivity index (χ1v) is 11.6. The average molecular weight is 452 g/mol. The van der Waals surface area contributed by atoms with Gasteiger partial charge in [0.1, 0.15) is 0 Å². The predicted octanol–water partition coefficient (Wildman–Crippen LogP) is 4.75. The zero-order valence-electron chi connectivity index (χ0n) is 18.0. The highest BCUT2D eigenvalue weighted by molar-refractivity contribution is 7.98. The molecule has 1 atom stereocenters. The summed E-state index contributed by atoms with van der Waals surface area (Å²) >= 11 is 1.54. The molecule has 0 bridgehead atoms. The van der Waals surface area contributed by atoms with Crippen molar-refractivity contribution in [3.8, 4) is 5.69 Å². The Morgan fingerprint density at radius 1 is 1.22 bits per heavy atom. The molecule has 166 valence electrons. The van der Waals surface area contributed by atoms with E-state index in [9.17, 15) is 14.9 Å². The van der Waals surface area contributed by atoms with Crippen LogP contribution in [0.2, 0.25) is 0 Å². The van der Waals surface area contributed by atoms with Crippen LogP contribution < -0.4 is 5.32 Å². The highest BCUT2D eigenvalue weighted by Gasteiger charge is 2.28. The van der Waals surface area contributed by atoms with Crippen LogP contribution in [0.15, 0.2) is 53.7 Å². The van der Waals surface area contributed by atoms with E-state index >= 15 is 0 Å². The molecule has 1 saturated carbocycles. The molecule has 1 aliphatic carbocycles. The van der Waals surface area contributed by atoms with Crippen molar-refractivity contribution < 1.29 is 9.72 Å². The number of hydrogen-bond donors (Lipinski definition) is 1. The van der Waals surface area contributed by atoms with Gasteiger partial charge in [0.2, 0.25) is 5.91 Å². The Hall–Kier alpha value is -3.20. The summed E-state index contributed by atoms with van der Waals surface area (Å²) in [5.41, 5.74) is 3.13. The van der Waals surface area contributed by atoms with E-state index in [2.05, 4.69) is 34.6 Å². The van der Waals surface area contributed by atoms with Crippen molar-refractivity contribution in [3.63, 3.8) is 0 Å². The number of benzene rings is 2. The largest absolute Gasteiger partial charge is 0.346 e. The molecular formula is C23H25N5O3S. The molecule has 1 N–H and O–H groups in total. The van der Waals surface area contributed by atoms with Crippen molar-refractivity contribution in [1.29, 1.82) is 0 Å². The molecule has 1 aliphatic rings. The Bertz CT molecular complexity index is 1120. The van der Waals surface area contributed by atoms with Gasteiger partial charge in [-0.05, 0) is 49.9 Å². The second-order valence-corrected chi connectivity index (χ2v) is 8.97. The van der Waals surface area contributed by atoms with Crippen molar-refractivity contribution in [1.82, 2.24) is 20.1 Å². The van der Waals surface area contributed by atoms with E-state index < -0.39 is 4.92 Å². The lowest BCUT2D eigenvalue weighted by molar-refractivity contribution is -0.384. The number of carbonyl (C=O) groups is 1. The first-order chi connectivity index (χ1) is 15.4. The minimum atomic E-state index is -0.424. The van der Waals surface area contributed by atoms with E-state index in [1.807, 2.05) is 23.6 Å². The molecule has 0 saturated heterocycles. The Morgan fingerprint density at radius 2 is 1.94 bits per heavy atom. The minimum Gasteiger partial charge on any atom is -0.346 e. The van der Waals surface area contributed by atoms with Crippen molar-refractivity contribution in [2.75, 3.05) is 0 Å². The highest BCUT2D eigenvalue weighted by atomic mass is 32.2. The fourth-order valence-corrected chi connectivity index (χ4v) is 4.64. The van der Waals surface area contributed by atoms with E-state index in [-0.39, 0.29) is 23.6 Å². The fourth-order valence-electron chi connectivity index (χ4n) is 3.60. The van der Waals surface area contributed by atoms with Crippen LogP contribution in [0.5, 0.6) is 0 Å². The van der Waals surface area contributed by atoms with Crippen LogP contribution in [0, 0.1) is 23.0 Å². The van der Waals surface area contributed by atoms with E-state index in [0.717, 1.165) is 19.3 Å². The molecule has 1 aromatic heterocycles. The Balaban J connectivity index is 1.63. The summed E-state index contributed by atoms with van der Waals surface area (Å²) in [6.07, 6.45) is 2.93. The predicted molar refractivity (Wildman–Crippen MR) is 123 cm³/mol. The molecule has 3 aromatic rings. The third-order valence-electron chi connectivity index (χ3n) is 5.82. The van der Waals surface area contributed by atoms with Gasteiger partial charge in [0.05, 0.1) is 11.0 Å². The van der Waals surface area contributed by atoms with Crippen LogP contribution in [-0.2, 0) is 10.5 Å². The van der Waals surface area contributed by atoms with Crippen LogP contribution in [-0.4, -0.2) is 25.6 Å². The number of aryl methyl sites for hydroxylation is 1. The number of carbonyl (C=O) groups excluding carboxylic acids is 1. The van der Waals surface area contributed by atoms with Crippen LogP contribution in [0.25, 0.3) is 5.69 Å². The number of rotatable bonds is 8. The van der Waals surface area contributed by atoms with Crippen molar-refractivity contribution >= 4 is 23.4 Å². The van der Waals surface area contributed by atoms with Gasteiger partial charge in [-0.15, -0.1) is 10.2 Å². The highest BCUT2D eigenvalue weighted by Crippen LogP contribution is 2.30. The van der Waals surface area contributed by atoms with Gasteiger partial charge in [-0.2, -0.15) is 0 Å². The molecule has 1 heterocycles. The molecule has 1 unspecified atom stereocenters. The number of non-ortho nitro benzene ring substituents is 1. The SMILES string of the molecule is Cc1ccccc1CSc1nnc(C(C)NC(=O)C2CCC2)n1-c1ccc([N+](=O)[O-])cc1. The van der Waals surface area contributed by atoms with E-state index in [0.29, 0.717) is 22.4 Å². The second-order valence-electron chi connectivity index (χ2n) is 8.02. The van der Waals surface area contributed by atoms with Crippen molar-refractivity contribution in [2.24, 2.45) is 5.92 Å². The summed E-state index contributed by atoms with van der Waals surface area (Å²) in [6.45, 7) is 3.96. The number of nitro groups is 1. The lowest BCUT2D eigenvalue weighted by atomic mass is 9.84. The average Bonchev–Trinajstić information content (AvgIpc) is 3.16. The molecule has 1 amide bonds. The van der Waals surface area contributed by atoms with Gasteiger partial charge in [-0.1, -0.05) is 42.4 Å². The monoisotopic (exact) mass is 451 g/mol. The number of thioether (sulfide) groups is 1. The molecule has 9 heteroatoms. The Morgan fingerprint density at radius 3 is 2.56 bits per heavy atom. The lowest BCUT2D eigenvalue weighted by Crippen LogP contribution is -2.36. The topological polar surface area (TPSA) is 103 Å². The molecule has 32 heavy (non-hydrogen) atoms. The second kappa shape index (κ2) is 9.52. The normalized spacial score (nSPS) is 14.6. The van der Waals surface area contributed by atoms with Crippen molar-refractivity contribution in [2.45, 2.75) is 50.1 Å².